The SMILES string of the molecule is COC(=O)C(C)CN(CCC1=CCCCC1)C(=O)c1ccc(F)c(F)c1F. The molecule has 0 fully saturated rings. The maximum atomic E-state index is 14.1. The van der Waals surface area contributed by atoms with E-state index in [2.05, 4.69) is 10.8 Å². The second-order valence-electron chi connectivity index (χ2n) is 6.76. The van der Waals surface area contributed by atoms with Crippen LogP contribution in [0.25, 0.3) is 0 Å². The number of allylic oxidation sites excluding steroid dienone is 1. The van der Waals surface area contributed by atoms with Crippen molar-refractivity contribution in [3.05, 3.63) is 46.8 Å². The standard InChI is InChI=1S/C20H24F3NO3/c1-13(20(26)27-2)12-24(11-10-14-6-4-3-5-7-14)19(25)15-8-9-16(21)18(23)17(15)22/h6,8-9,13H,3-5,7,10-12H2,1-2H3. The Morgan fingerprint density at radius 1 is 1.19 bits per heavy atom. The third kappa shape index (κ3) is 5.34. The molecule has 0 radical (unpaired) electrons. The summed E-state index contributed by atoms with van der Waals surface area (Å²) >= 11 is 0. The first-order chi connectivity index (χ1) is 12.8. The number of esters is 1. The Balaban J connectivity index is 2.21. The molecule has 0 aromatic heterocycles. The van der Waals surface area contributed by atoms with Crippen LogP contribution in [0.3, 0.4) is 0 Å². The van der Waals surface area contributed by atoms with Gasteiger partial charge in [-0.15, -0.1) is 0 Å². The van der Waals surface area contributed by atoms with Gasteiger partial charge in [0.15, 0.2) is 17.5 Å². The molecule has 1 aliphatic carbocycles. The molecule has 1 aromatic rings. The third-order valence-corrected chi connectivity index (χ3v) is 4.74. The topological polar surface area (TPSA) is 46.6 Å². The molecule has 0 bridgehead atoms. The Morgan fingerprint density at radius 2 is 1.93 bits per heavy atom. The number of carbonyl (C=O) groups excluding carboxylic acids is 2. The van der Waals surface area contributed by atoms with Gasteiger partial charge in [0, 0.05) is 13.1 Å². The number of halogens is 3. The van der Waals surface area contributed by atoms with Crippen LogP contribution in [0.4, 0.5) is 13.2 Å². The van der Waals surface area contributed by atoms with Crippen molar-refractivity contribution in [2.24, 2.45) is 5.92 Å². The van der Waals surface area contributed by atoms with Gasteiger partial charge in [0.05, 0.1) is 18.6 Å². The predicted molar refractivity (Wildman–Crippen MR) is 94.6 cm³/mol. The monoisotopic (exact) mass is 383 g/mol. The molecule has 0 spiro atoms. The van der Waals surface area contributed by atoms with Gasteiger partial charge in [-0.05, 0) is 44.2 Å². The first-order valence-electron chi connectivity index (χ1n) is 9.03. The van der Waals surface area contributed by atoms with Crippen LogP contribution in [0.15, 0.2) is 23.8 Å². The van der Waals surface area contributed by atoms with Crippen LogP contribution < -0.4 is 0 Å². The van der Waals surface area contributed by atoms with Gasteiger partial charge < -0.3 is 9.64 Å². The lowest BCUT2D eigenvalue weighted by atomic mass is 9.97. The summed E-state index contributed by atoms with van der Waals surface area (Å²) in [7, 11) is 1.24. The zero-order valence-electron chi connectivity index (χ0n) is 15.6. The fourth-order valence-electron chi connectivity index (χ4n) is 3.15. The van der Waals surface area contributed by atoms with Crippen LogP contribution in [0.1, 0.15) is 49.4 Å². The van der Waals surface area contributed by atoms with E-state index in [0.29, 0.717) is 6.42 Å². The number of amides is 1. The van der Waals surface area contributed by atoms with E-state index in [4.69, 9.17) is 0 Å². The molecule has 1 unspecified atom stereocenters. The lowest BCUT2D eigenvalue weighted by Gasteiger charge is -2.26. The van der Waals surface area contributed by atoms with E-state index in [0.717, 1.165) is 37.8 Å². The molecule has 0 N–H and O–H groups in total. The predicted octanol–water partition coefficient (Wildman–Crippen LogP) is 4.25. The molecule has 0 saturated carbocycles. The zero-order chi connectivity index (χ0) is 20.0. The number of benzene rings is 1. The van der Waals surface area contributed by atoms with Crippen molar-refractivity contribution in [2.45, 2.75) is 39.0 Å². The average molecular weight is 383 g/mol. The maximum absolute atomic E-state index is 14.1. The van der Waals surface area contributed by atoms with Crippen LogP contribution in [-0.4, -0.2) is 37.0 Å². The Kier molecular flexibility index (Phi) is 7.45. The number of hydrogen-bond acceptors (Lipinski definition) is 3. The Hall–Kier alpha value is -2.31. The summed E-state index contributed by atoms with van der Waals surface area (Å²) in [6.45, 7) is 1.84. The second-order valence-corrected chi connectivity index (χ2v) is 6.76. The fraction of sp³-hybridized carbons (Fsp3) is 0.500. The number of methoxy groups -OCH3 is 1. The van der Waals surface area contributed by atoms with Gasteiger partial charge in [-0.25, -0.2) is 13.2 Å². The Morgan fingerprint density at radius 3 is 2.56 bits per heavy atom. The largest absolute Gasteiger partial charge is 0.469 e. The molecule has 1 aromatic carbocycles. The number of carbonyl (C=O) groups is 2. The molecule has 1 aliphatic rings. The molecular weight excluding hydrogens is 359 g/mol. The van der Waals surface area contributed by atoms with Gasteiger partial charge in [-0.2, -0.15) is 0 Å². The lowest BCUT2D eigenvalue weighted by molar-refractivity contribution is -0.145. The molecule has 0 aliphatic heterocycles. The molecule has 27 heavy (non-hydrogen) atoms. The second kappa shape index (κ2) is 9.58. The first-order valence-corrected chi connectivity index (χ1v) is 9.03. The number of ether oxygens (including phenoxy) is 1. The molecule has 4 nitrogen and oxygen atoms in total. The number of nitrogens with zero attached hydrogens (tertiary/aromatic N) is 1. The highest BCUT2D eigenvalue weighted by atomic mass is 19.2. The lowest BCUT2D eigenvalue weighted by Crippen LogP contribution is -2.38. The van der Waals surface area contributed by atoms with Crippen LogP contribution in [0, 0.1) is 23.4 Å². The van der Waals surface area contributed by atoms with E-state index < -0.39 is 40.8 Å². The summed E-state index contributed by atoms with van der Waals surface area (Å²) in [5.41, 5.74) is 0.652. The van der Waals surface area contributed by atoms with Gasteiger partial charge in [0.2, 0.25) is 0 Å². The molecule has 2 rings (SSSR count). The van der Waals surface area contributed by atoms with Gasteiger partial charge in [-0.1, -0.05) is 18.6 Å². The summed E-state index contributed by atoms with van der Waals surface area (Å²) in [6.07, 6.45) is 6.86. The minimum absolute atomic E-state index is 0.00276. The van der Waals surface area contributed by atoms with Crippen molar-refractivity contribution in [3.63, 3.8) is 0 Å². The van der Waals surface area contributed by atoms with E-state index >= 15 is 0 Å². The van der Waals surface area contributed by atoms with Gasteiger partial charge in [0.25, 0.3) is 5.91 Å². The molecule has 0 heterocycles. The highest BCUT2D eigenvalue weighted by Gasteiger charge is 2.26. The number of hydrogen-bond donors (Lipinski definition) is 0. The molecule has 1 amide bonds. The van der Waals surface area contributed by atoms with E-state index in [9.17, 15) is 22.8 Å². The van der Waals surface area contributed by atoms with Crippen LogP contribution in [0.5, 0.6) is 0 Å². The van der Waals surface area contributed by atoms with Gasteiger partial charge >= 0.3 is 5.97 Å². The van der Waals surface area contributed by atoms with E-state index in [1.807, 2.05) is 0 Å². The van der Waals surface area contributed by atoms with Crippen molar-refractivity contribution in [1.29, 1.82) is 0 Å². The van der Waals surface area contributed by atoms with E-state index in [1.165, 1.54) is 17.6 Å². The quantitative estimate of drug-likeness (QED) is 0.402. The van der Waals surface area contributed by atoms with Crippen molar-refractivity contribution in [3.8, 4) is 0 Å². The summed E-state index contributed by atoms with van der Waals surface area (Å²) < 4.78 is 45.4. The minimum Gasteiger partial charge on any atom is -0.469 e. The zero-order valence-corrected chi connectivity index (χ0v) is 15.6. The smallest absolute Gasteiger partial charge is 0.310 e. The highest BCUT2D eigenvalue weighted by Crippen LogP contribution is 2.22. The Labute approximate surface area is 157 Å². The van der Waals surface area contributed by atoms with Gasteiger partial charge in [0.1, 0.15) is 0 Å². The Bertz CT molecular complexity index is 733. The highest BCUT2D eigenvalue weighted by molar-refractivity contribution is 5.94. The van der Waals surface area contributed by atoms with Crippen LogP contribution in [0.2, 0.25) is 0 Å². The molecular formula is C20H24F3NO3. The van der Waals surface area contributed by atoms with Crippen molar-refractivity contribution >= 4 is 11.9 Å². The van der Waals surface area contributed by atoms with Gasteiger partial charge in [-0.3, -0.25) is 9.59 Å². The molecule has 148 valence electrons. The van der Waals surface area contributed by atoms with E-state index in [-0.39, 0.29) is 13.1 Å². The minimum atomic E-state index is -1.68. The van der Waals surface area contributed by atoms with Crippen molar-refractivity contribution < 1.29 is 27.5 Å². The summed E-state index contributed by atoms with van der Waals surface area (Å²) in [5.74, 6) is -6.48. The maximum Gasteiger partial charge on any atom is 0.310 e. The average Bonchev–Trinajstić information content (AvgIpc) is 2.68. The molecule has 7 heteroatoms. The molecule has 0 saturated heterocycles. The fourth-order valence-corrected chi connectivity index (χ4v) is 3.15. The first kappa shape index (κ1) is 21.0. The van der Waals surface area contributed by atoms with Crippen LogP contribution in [-0.2, 0) is 9.53 Å². The van der Waals surface area contributed by atoms with Crippen molar-refractivity contribution in [1.82, 2.24) is 4.90 Å². The number of rotatable bonds is 7. The summed E-state index contributed by atoms with van der Waals surface area (Å²) in [4.78, 5) is 25.8. The summed E-state index contributed by atoms with van der Waals surface area (Å²) in [6, 6.07) is 1.64. The van der Waals surface area contributed by atoms with Crippen molar-refractivity contribution in [2.75, 3.05) is 20.2 Å². The summed E-state index contributed by atoms with van der Waals surface area (Å²) in [5, 5.41) is 0. The van der Waals surface area contributed by atoms with E-state index in [1.54, 1.807) is 6.92 Å². The molecule has 1 atom stereocenters. The van der Waals surface area contributed by atoms with Crippen LogP contribution >= 0.6 is 0 Å². The third-order valence-electron chi connectivity index (χ3n) is 4.74. The normalized spacial score (nSPS) is 15.1.